The zero-order valence-corrected chi connectivity index (χ0v) is 24.8. The molecule has 1 aromatic rings. The van der Waals surface area contributed by atoms with Gasteiger partial charge in [-0.15, -0.1) is 0 Å². The van der Waals surface area contributed by atoms with Crippen LogP contribution < -0.4 is 15.0 Å². The first kappa shape index (κ1) is 30.7. The molecule has 1 aliphatic heterocycles. The number of nitrogens with one attached hydrogen (secondary N) is 1. The summed E-state index contributed by atoms with van der Waals surface area (Å²) in [7, 11) is 0.250. The molecule has 9 nitrogen and oxygen atoms in total. The Labute approximate surface area is 223 Å². The topological polar surface area (TPSA) is 89.6 Å². The van der Waals surface area contributed by atoms with Gasteiger partial charge in [-0.25, -0.2) is 9.59 Å². The van der Waals surface area contributed by atoms with E-state index in [0.717, 1.165) is 37.6 Å². The molecular formula is C27H45N3O6Si. The number of piperazine rings is 1. The van der Waals surface area contributed by atoms with E-state index in [9.17, 15) is 9.59 Å². The van der Waals surface area contributed by atoms with E-state index >= 15 is 0 Å². The van der Waals surface area contributed by atoms with Gasteiger partial charge in [0.2, 0.25) is 0 Å². The molecule has 1 N–H and O–H groups in total. The van der Waals surface area contributed by atoms with Crippen LogP contribution in [0.2, 0.25) is 18.1 Å². The Morgan fingerprint density at radius 3 is 2.14 bits per heavy atom. The second kappa shape index (κ2) is 13.8. The lowest BCUT2D eigenvalue weighted by molar-refractivity contribution is -0.146. The smallest absolute Gasteiger partial charge is 0.347 e. The number of benzene rings is 1. The summed E-state index contributed by atoms with van der Waals surface area (Å²) in [6.07, 6.45) is 1.32. The first-order chi connectivity index (χ1) is 17.4. The van der Waals surface area contributed by atoms with Gasteiger partial charge in [0.25, 0.3) is 0 Å². The van der Waals surface area contributed by atoms with Crippen LogP contribution in [0.1, 0.15) is 34.6 Å². The highest BCUT2D eigenvalue weighted by molar-refractivity contribution is 6.74. The number of carbonyl (C=O) groups excluding carboxylic acids is 2. The van der Waals surface area contributed by atoms with E-state index in [4.69, 9.17) is 18.6 Å². The first-order valence-corrected chi connectivity index (χ1v) is 16.0. The van der Waals surface area contributed by atoms with Crippen molar-refractivity contribution in [2.45, 2.75) is 52.8 Å². The van der Waals surface area contributed by atoms with E-state index in [1.54, 1.807) is 13.8 Å². The highest BCUT2D eigenvalue weighted by Gasteiger charge is 2.37. The summed E-state index contributed by atoms with van der Waals surface area (Å²) in [6, 6.07) is 5.78. The van der Waals surface area contributed by atoms with Gasteiger partial charge in [0.15, 0.2) is 13.9 Å². The largest absolute Gasteiger partial charge is 0.489 e. The van der Waals surface area contributed by atoms with E-state index < -0.39 is 20.3 Å². The summed E-state index contributed by atoms with van der Waals surface area (Å²) in [4.78, 5) is 29.2. The summed E-state index contributed by atoms with van der Waals surface area (Å²) in [5, 5.41) is 3.17. The van der Waals surface area contributed by atoms with Crippen LogP contribution in [0.3, 0.4) is 0 Å². The first-order valence-electron chi connectivity index (χ1n) is 13.0. The lowest BCUT2D eigenvalue weighted by Crippen LogP contribution is -2.44. The van der Waals surface area contributed by atoms with Crippen LogP contribution in [0, 0.1) is 0 Å². The zero-order valence-electron chi connectivity index (χ0n) is 23.8. The molecule has 0 saturated carbocycles. The molecule has 0 aliphatic carbocycles. The molecule has 0 bridgehead atoms. The molecule has 10 heteroatoms. The van der Waals surface area contributed by atoms with Crippen molar-refractivity contribution < 1.29 is 28.2 Å². The van der Waals surface area contributed by atoms with Gasteiger partial charge in [0.1, 0.15) is 12.4 Å². The second-order valence-corrected chi connectivity index (χ2v) is 15.4. The molecule has 0 aromatic heterocycles. The summed E-state index contributed by atoms with van der Waals surface area (Å²) < 4.78 is 22.6. The molecule has 0 spiro atoms. The molecule has 2 rings (SSSR count). The third kappa shape index (κ3) is 9.05. The molecule has 1 fully saturated rings. The predicted octanol–water partition coefficient (Wildman–Crippen LogP) is 4.26. The molecular weight excluding hydrogens is 490 g/mol. The summed E-state index contributed by atoms with van der Waals surface area (Å²) in [5.41, 5.74) is 1.48. The third-order valence-electron chi connectivity index (χ3n) is 6.79. The molecule has 0 atom stereocenters. The number of hydrogen-bond acceptors (Lipinski definition) is 9. The minimum Gasteiger partial charge on any atom is -0.489 e. The standard InChI is InChI=1S/C27H45N3O6Si/c1-9-33-25(31)22(26(32)34-10-2)20-28-21-11-12-23(30-15-13-29(6)14-16-30)24(19-21)35-17-18-36-37(7,8)27(3,4)5/h11-12,19-20,28H,9-10,13-18H2,1-8H3. The maximum Gasteiger partial charge on any atom is 0.347 e. The predicted molar refractivity (Wildman–Crippen MR) is 150 cm³/mol. The van der Waals surface area contributed by atoms with E-state index in [1.165, 1.54) is 6.20 Å². The van der Waals surface area contributed by atoms with Crippen molar-refractivity contribution >= 4 is 31.6 Å². The third-order valence-corrected chi connectivity index (χ3v) is 11.3. The van der Waals surface area contributed by atoms with Crippen molar-refractivity contribution in [1.82, 2.24) is 4.90 Å². The fraction of sp³-hybridized carbons (Fsp3) is 0.630. The minimum absolute atomic E-state index is 0.129. The molecule has 1 saturated heterocycles. The average Bonchev–Trinajstić information content (AvgIpc) is 2.82. The number of nitrogens with zero attached hydrogens (tertiary/aromatic N) is 2. The minimum atomic E-state index is -1.87. The number of anilines is 2. The Hall–Kier alpha value is -2.56. The number of carbonyl (C=O) groups is 2. The highest BCUT2D eigenvalue weighted by Crippen LogP contribution is 2.37. The Kier molecular flexibility index (Phi) is 11.5. The van der Waals surface area contributed by atoms with Gasteiger partial charge >= 0.3 is 11.9 Å². The molecule has 37 heavy (non-hydrogen) atoms. The van der Waals surface area contributed by atoms with Gasteiger partial charge in [-0.2, -0.15) is 0 Å². The molecule has 0 unspecified atom stereocenters. The number of esters is 2. The van der Waals surface area contributed by atoms with Crippen molar-refractivity contribution in [3.8, 4) is 5.75 Å². The maximum absolute atomic E-state index is 12.3. The van der Waals surface area contributed by atoms with E-state index in [0.29, 0.717) is 18.9 Å². The normalized spacial score (nSPS) is 14.6. The van der Waals surface area contributed by atoms with Crippen LogP contribution in [-0.4, -0.2) is 84.8 Å². The number of rotatable bonds is 12. The Balaban J connectivity index is 2.23. The molecule has 0 radical (unpaired) electrons. The van der Waals surface area contributed by atoms with Gasteiger partial charge < -0.3 is 33.8 Å². The fourth-order valence-electron chi connectivity index (χ4n) is 3.47. The number of ether oxygens (including phenoxy) is 3. The fourth-order valence-corrected chi connectivity index (χ4v) is 4.49. The van der Waals surface area contributed by atoms with Crippen molar-refractivity contribution in [1.29, 1.82) is 0 Å². The van der Waals surface area contributed by atoms with Crippen LogP contribution in [0.15, 0.2) is 30.0 Å². The number of hydrogen-bond donors (Lipinski definition) is 1. The van der Waals surface area contributed by atoms with Crippen LogP contribution in [0.4, 0.5) is 11.4 Å². The van der Waals surface area contributed by atoms with Gasteiger partial charge in [0, 0.05) is 44.1 Å². The van der Waals surface area contributed by atoms with E-state index in [-0.39, 0.29) is 23.8 Å². The lowest BCUT2D eigenvalue weighted by atomic mass is 10.2. The quantitative estimate of drug-likeness (QED) is 0.105. The van der Waals surface area contributed by atoms with Gasteiger partial charge in [0.05, 0.1) is 25.5 Å². The molecule has 0 amide bonds. The monoisotopic (exact) mass is 535 g/mol. The van der Waals surface area contributed by atoms with Gasteiger partial charge in [-0.1, -0.05) is 20.8 Å². The summed E-state index contributed by atoms with van der Waals surface area (Å²) in [6.45, 7) is 19.5. The van der Waals surface area contributed by atoms with Gasteiger partial charge in [-0.3, -0.25) is 0 Å². The molecule has 1 heterocycles. The number of likely N-dealkylation sites (N-methyl/N-ethyl adjacent to an activating group) is 1. The Morgan fingerprint density at radius 1 is 1.00 bits per heavy atom. The van der Waals surface area contributed by atoms with Crippen LogP contribution in [-0.2, 0) is 23.5 Å². The summed E-state index contributed by atoms with van der Waals surface area (Å²) >= 11 is 0. The summed E-state index contributed by atoms with van der Waals surface area (Å²) in [5.74, 6) is -0.751. The van der Waals surface area contributed by atoms with Gasteiger partial charge in [-0.05, 0) is 51.2 Å². The average molecular weight is 536 g/mol. The van der Waals surface area contributed by atoms with Crippen LogP contribution in [0.5, 0.6) is 5.75 Å². The maximum atomic E-state index is 12.3. The zero-order chi connectivity index (χ0) is 27.6. The second-order valence-electron chi connectivity index (χ2n) is 10.6. The van der Waals surface area contributed by atoms with Crippen molar-refractivity contribution in [3.05, 3.63) is 30.0 Å². The molecule has 1 aromatic carbocycles. The van der Waals surface area contributed by atoms with Crippen molar-refractivity contribution in [2.75, 3.05) is 69.9 Å². The SMILES string of the molecule is CCOC(=O)C(=CNc1ccc(N2CCN(C)CC2)c(OCCO[Si](C)(C)C(C)(C)C)c1)C(=O)OCC. The van der Waals surface area contributed by atoms with Crippen LogP contribution in [0.25, 0.3) is 0 Å². The van der Waals surface area contributed by atoms with E-state index in [1.807, 2.05) is 18.2 Å². The van der Waals surface area contributed by atoms with Crippen molar-refractivity contribution in [3.63, 3.8) is 0 Å². The molecule has 1 aliphatic rings. The lowest BCUT2D eigenvalue weighted by Gasteiger charge is -2.36. The van der Waals surface area contributed by atoms with E-state index in [2.05, 4.69) is 56.0 Å². The Bertz CT molecular complexity index is 917. The Morgan fingerprint density at radius 2 is 1.59 bits per heavy atom. The van der Waals surface area contributed by atoms with Crippen LogP contribution >= 0.6 is 0 Å². The molecule has 208 valence electrons. The van der Waals surface area contributed by atoms with Crippen molar-refractivity contribution in [2.24, 2.45) is 0 Å². The highest BCUT2D eigenvalue weighted by atomic mass is 28.4.